The second-order valence-electron chi connectivity index (χ2n) is 8.84. The fourth-order valence-corrected chi connectivity index (χ4v) is 3.51. The standard InChI is InChI=1S/2C12H16N2.C4H4O4/c2*1-14(2)8-7-10-9-13-12-6-4-3-5-11(10)12;5-3(6)1-2-4(7)8/h2*3-6,9,13H,7-8H2,1-2H3;1-2H,(H,5,6)(H,7,8)/b;;2-1+. The summed E-state index contributed by atoms with van der Waals surface area (Å²) in [6.07, 6.45) is 7.57. The van der Waals surface area contributed by atoms with E-state index < -0.39 is 11.9 Å². The van der Waals surface area contributed by atoms with E-state index >= 15 is 0 Å². The number of nitrogens with zero attached hydrogens (tertiary/aromatic N) is 2. The number of H-pyrrole nitrogens is 2. The molecule has 2 aromatic heterocycles. The van der Waals surface area contributed by atoms with Crippen LogP contribution in [0.4, 0.5) is 0 Å². The van der Waals surface area contributed by atoms with Gasteiger partial charge in [0.2, 0.25) is 0 Å². The van der Waals surface area contributed by atoms with Crippen molar-refractivity contribution < 1.29 is 19.8 Å². The Morgan fingerprint density at radius 3 is 1.39 bits per heavy atom. The van der Waals surface area contributed by atoms with Gasteiger partial charge in [-0.2, -0.15) is 0 Å². The third kappa shape index (κ3) is 9.77. The monoisotopic (exact) mass is 492 g/mol. The summed E-state index contributed by atoms with van der Waals surface area (Å²) in [7, 11) is 8.42. The van der Waals surface area contributed by atoms with Gasteiger partial charge in [0.1, 0.15) is 0 Å². The van der Waals surface area contributed by atoms with Gasteiger partial charge >= 0.3 is 11.9 Å². The number of hydrogen-bond acceptors (Lipinski definition) is 4. The van der Waals surface area contributed by atoms with Crippen LogP contribution >= 0.6 is 0 Å². The van der Waals surface area contributed by atoms with Gasteiger partial charge in [-0.3, -0.25) is 0 Å². The van der Waals surface area contributed by atoms with Crippen LogP contribution in [0.5, 0.6) is 0 Å². The van der Waals surface area contributed by atoms with Gasteiger partial charge in [0, 0.05) is 59.4 Å². The summed E-state index contributed by atoms with van der Waals surface area (Å²) in [5.41, 5.74) is 5.30. The van der Waals surface area contributed by atoms with Crippen molar-refractivity contribution in [3.63, 3.8) is 0 Å². The van der Waals surface area contributed by atoms with Crippen molar-refractivity contribution in [3.05, 3.63) is 84.2 Å². The van der Waals surface area contributed by atoms with Crippen LogP contribution in [0.1, 0.15) is 11.1 Å². The van der Waals surface area contributed by atoms with Crippen molar-refractivity contribution in [3.8, 4) is 0 Å². The number of carbonyl (C=O) groups is 2. The van der Waals surface area contributed by atoms with Crippen molar-refractivity contribution in [2.24, 2.45) is 0 Å². The van der Waals surface area contributed by atoms with Crippen LogP contribution < -0.4 is 0 Å². The van der Waals surface area contributed by atoms with E-state index in [9.17, 15) is 9.59 Å². The van der Waals surface area contributed by atoms with E-state index in [-0.39, 0.29) is 0 Å². The van der Waals surface area contributed by atoms with Crippen LogP contribution in [0.25, 0.3) is 21.8 Å². The average molecular weight is 493 g/mol. The van der Waals surface area contributed by atoms with Gasteiger partial charge in [-0.25, -0.2) is 9.59 Å². The Hall–Kier alpha value is -3.88. The molecular formula is C28H36N4O4. The highest BCUT2D eigenvalue weighted by atomic mass is 16.4. The minimum absolute atomic E-state index is 0.558. The number of benzene rings is 2. The third-order valence-electron chi connectivity index (χ3n) is 5.38. The van der Waals surface area contributed by atoms with Gasteiger partial charge < -0.3 is 30.0 Å². The maximum atomic E-state index is 9.55. The molecule has 0 radical (unpaired) electrons. The Bertz CT molecular complexity index is 1170. The number of para-hydroxylation sites is 2. The third-order valence-corrected chi connectivity index (χ3v) is 5.38. The minimum atomic E-state index is -1.26. The quantitative estimate of drug-likeness (QED) is 0.274. The molecule has 0 spiro atoms. The van der Waals surface area contributed by atoms with Gasteiger partial charge in [-0.15, -0.1) is 0 Å². The molecule has 0 unspecified atom stereocenters. The summed E-state index contributed by atoms with van der Waals surface area (Å²) in [5.74, 6) is -2.51. The average Bonchev–Trinajstić information content (AvgIpc) is 3.45. The minimum Gasteiger partial charge on any atom is -0.478 e. The lowest BCUT2D eigenvalue weighted by molar-refractivity contribution is -0.134. The van der Waals surface area contributed by atoms with Crippen LogP contribution in [-0.2, 0) is 22.4 Å². The van der Waals surface area contributed by atoms with Crippen LogP contribution in [0, 0.1) is 0 Å². The Balaban J connectivity index is 0.000000199. The molecule has 2 aromatic carbocycles. The number of aromatic nitrogens is 2. The molecule has 36 heavy (non-hydrogen) atoms. The van der Waals surface area contributed by atoms with Crippen LogP contribution in [0.2, 0.25) is 0 Å². The van der Waals surface area contributed by atoms with Gasteiger partial charge in [0.25, 0.3) is 0 Å². The molecule has 4 N–H and O–H groups in total. The second-order valence-corrected chi connectivity index (χ2v) is 8.84. The Kier molecular flexibility index (Phi) is 11.4. The van der Waals surface area contributed by atoms with Crippen LogP contribution in [0.3, 0.4) is 0 Å². The van der Waals surface area contributed by atoms with E-state index in [2.05, 4.69) is 109 Å². The summed E-state index contributed by atoms with van der Waals surface area (Å²) in [6, 6.07) is 16.9. The van der Waals surface area contributed by atoms with E-state index in [1.807, 2.05) is 0 Å². The number of nitrogens with one attached hydrogen (secondary N) is 2. The van der Waals surface area contributed by atoms with Crippen molar-refractivity contribution >= 4 is 33.7 Å². The zero-order valence-electron chi connectivity index (χ0n) is 21.4. The molecule has 192 valence electrons. The number of rotatable bonds is 8. The lowest BCUT2D eigenvalue weighted by Gasteiger charge is -2.07. The first-order valence-corrected chi connectivity index (χ1v) is 11.7. The van der Waals surface area contributed by atoms with Crippen LogP contribution in [-0.4, -0.2) is 83.2 Å². The molecular weight excluding hydrogens is 456 g/mol. The van der Waals surface area contributed by atoms with Gasteiger partial charge in [-0.05, 0) is 64.3 Å². The molecule has 0 amide bonds. The number of aromatic amines is 2. The van der Waals surface area contributed by atoms with Gasteiger partial charge in [0.15, 0.2) is 0 Å². The Morgan fingerprint density at radius 2 is 1.06 bits per heavy atom. The van der Waals surface area contributed by atoms with E-state index in [0.29, 0.717) is 12.2 Å². The zero-order chi connectivity index (χ0) is 26.5. The molecule has 0 atom stereocenters. The van der Waals surface area contributed by atoms with Gasteiger partial charge in [-0.1, -0.05) is 36.4 Å². The highest BCUT2D eigenvalue weighted by Gasteiger charge is 2.03. The number of fused-ring (bicyclic) bond motifs is 2. The molecule has 0 bridgehead atoms. The molecule has 0 saturated heterocycles. The molecule has 0 aliphatic carbocycles. The van der Waals surface area contributed by atoms with Crippen molar-refractivity contribution in [2.45, 2.75) is 12.8 Å². The first kappa shape index (κ1) is 28.4. The maximum Gasteiger partial charge on any atom is 0.328 e. The summed E-state index contributed by atoms with van der Waals surface area (Å²) in [6.45, 7) is 2.20. The van der Waals surface area contributed by atoms with Crippen molar-refractivity contribution in [1.82, 2.24) is 19.8 Å². The van der Waals surface area contributed by atoms with Crippen LogP contribution in [0.15, 0.2) is 73.1 Å². The zero-order valence-corrected chi connectivity index (χ0v) is 21.4. The van der Waals surface area contributed by atoms with Crippen molar-refractivity contribution in [1.29, 1.82) is 0 Å². The molecule has 8 nitrogen and oxygen atoms in total. The second kappa shape index (κ2) is 14.5. The molecule has 0 aliphatic rings. The number of hydrogen-bond donors (Lipinski definition) is 4. The van der Waals surface area contributed by atoms with E-state index in [0.717, 1.165) is 25.9 Å². The lowest BCUT2D eigenvalue weighted by atomic mass is 10.1. The molecule has 0 aliphatic heterocycles. The summed E-state index contributed by atoms with van der Waals surface area (Å²) >= 11 is 0. The Morgan fingerprint density at radius 1 is 0.694 bits per heavy atom. The number of aliphatic carboxylic acids is 2. The summed E-state index contributed by atoms with van der Waals surface area (Å²) in [4.78, 5) is 30.1. The number of carboxylic acid groups (broad SMARTS) is 2. The number of carboxylic acids is 2. The molecule has 4 rings (SSSR count). The number of likely N-dealkylation sites (N-methyl/N-ethyl adjacent to an activating group) is 2. The molecule has 2 heterocycles. The molecule has 0 saturated carbocycles. The summed E-state index contributed by atoms with van der Waals surface area (Å²) < 4.78 is 0. The van der Waals surface area contributed by atoms with E-state index in [1.54, 1.807) is 0 Å². The molecule has 8 heteroatoms. The smallest absolute Gasteiger partial charge is 0.328 e. The fourth-order valence-electron chi connectivity index (χ4n) is 3.51. The van der Waals surface area contributed by atoms with Crippen molar-refractivity contribution in [2.75, 3.05) is 41.3 Å². The first-order valence-electron chi connectivity index (χ1n) is 11.7. The SMILES string of the molecule is CN(C)CCc1c[nH]c2ccccc12.CN(C)CCc1c[nH]c2ccccc12.O=C(O)/C=C/C(=O)O. The van der Waals surface area contributed by atoms with E-state index in [4.69, 9.17) is 10.2 Å². The molecule has 0 fully saturated rings. The lowest BCUT2D eigenvalue weighted by Crippen LogP contribution is -2.14. The summed E-state index contributed by atoms with van der Waals surface area (Å²) in [5, 5.41) is 18.3. The highest BCUT2D eigenvalue weighted by Crippen LogP contribution is 2.18. The largest absolute Gasteiger partial charge is 0.478 e. The van der Waals surface area contributed by atoms with E-state index in [1.165, 1.54) is 32.9 Å². The molecule has 4 aromatic rings. The Labute approximate surface area is 211 Å². The fraction of sp³-hybridized carbons (Fsp3) is 0.286. The maximum absolute atomic E-state index is 9.55. The predicted octanol–water partition coefficient (Wildman–Crippen LogP) is 4.26. The highest BCUT2D eigenvalue weighted by molar-refractivity contribution is 5.89. The topological polar surface area (TPSA) is 113 Å². The van der Waals surface area contributed by atoms with Gasteiger partial charge in [0.05, 0.1) is 0 Å². The predicted molar refractivity (Wildman–Crippen MR) is 146 cm³/mol. The first-order chi connectivity index (χ1) is 17.2. The normalized spacial score (nSPS) is 10.9.